The van der Waals surface area contributed by atoms with Gasteiger partial charge in [0.2, 0.25) is 11.0 Å². The van der Waals surface area contributed by atoms with Crippen molar-refractivity contribution in [2.24, 2.45) is 0 Å². The van der Waals surface area contributed by atoms with Gasteiger partial charge < -0.3 is 10.6 Å². The Morgan fingerprint density at radius 1 is 1.04 bits per heavy atom. The van der Waals surface area contributed by atoms with E-state index in [0.717, 1.165) is 15.7 Å². The third-order valence-electron chi connectivity index (χ3n) is 3.62. The molecule has 1 amide bonds. The lowest BCUT2D eigenvalue weighted by Crippen LogP contribution is -2.13. The van der Waals surface area contributed by atoms with Crippen molar-refractivity contribution < 1.29 is 4.79 Å². The Morgan fingerprint density at radius 3 is 2.46 bits per heavy atom. The largest absolute Gasteiger partial charge is 0.330 e. The number of anilines is 3. The van der Waals surface area contributed by atoms with Crippen LogP contribution < -0.4 is 10.6 Å². The van der Waals surface area contributed by atoms with Gasteiger partial charge >= 0.3 is 0 Å². The van der Waals surface area contributed by atoms with Crippen LogP contribution in [0, 0.1) is 0 Å². The predicted octanol–water partition coefficient (Wildman–Crippen LogP) is 5.14. The molecule has 134 valence electrons. The van der Waals surface area contributed by atoms with Gasteiger partial charge in [0, 0.05) is 11.4 Å². The van der Waals surface area contributed by atoms with Crippen LogP contribution in [0.4, 0.5) is 16.5 Å². The van der Waals surface area contributed by atoms with Crippen molar-refractivity contribution in [1.82, 2.24) is 10.2 Å². The van der Waals surface area contributed by atoms with Gasteiger partial charge in [0.25, 0.3) is 0 Å². The number of carbonyl (C=O) groups excluding carboxylic acids is 1. The zero-order valence-corrected chi connectivity index (χ0v) is 16.2. The molecule has 3 rings (SSSR count). The summed E-state index contributed by atoms with van der Waals surface area (Å²) < 4.78 is 0.759. The number of para-hydroxylation sites is 1. The van der Waals surface area contributed by atoms with Crippen molar-refractivity contribution >= 4 is 45.5 Å². The van der Waals surface area contributed by atoms with E-state index < -0.39 is 0 Å². The van der Waals surface area contributed by atoms with Gasteiger partial charge in [-0.05, 0) is 35.7 Å². The smallest absolute Gasteiger partial charge is 0.234 e. The molecule has 5 nitrogen and oxygen atoms in total. The number of hydrogen-bond acceptors (Lipinski definition) is 6. The van der Waals surface area contributed by atoms with E-state index in [4.69, 9.17) is 0 Å². The summed E-state index contributed by atoms with van der Waals surface area (Å²) >= 11 is 2.81. The highest BCUT2D eigenvalue weighted by atomic mass is 32.2. The van der Waals surface area contributed by atoms with Gasteiger partial charge in [-0.3, -0.25) is 4.79 Å². The number of carbonyl (C=O) groups is 1. The van der Waals surface area contributed by atoms with Crippen LogP contribution in [0.2, 0.25) is 0 Å². The van der Waals surface area contributed by atoms with Crippen LogP contribution in [0.1, 0.15) is 25.3 Å². The minimum atomic E-state index is -0.0600. The molecule has 0 unspecified atom stereocenters. The lowest BCUT2D eigenvalue weighted by molar-refractivity contribution is -0.113. The number of amides is 1. The predicted molar refractivity (Wildman–Crippen MR) is 110 cm³/mol. The second-order valence-electron chi connectivity index (χ2n) is 5.98. The van der Waals surface area contributed by atoms with Crippen molar-refractivity contribution in [2.45, 2.75) is 24.1 Å². The van der Waals surface area contributed by atoms with Crippen LogP contribution in [0.5, 0.6) is 0 Å². The Bertz CT molecular complexity index is 847. The first kappa shape index (κ1) is 18.4. The topological polar surface area (TPSA) is 66.9 Å². The average Bonchev–Trinajstić information content (AvgIpc) is 3.09. The number of nitrogens with one attached hydrogen (secondary N) is 2. The van der Waals surface area contributed by atoms with Gasteiger partial charge in [0.15, 0.2) is 4.34 Å². The monoisotopic (exact) mass is 384 g/mol. The number of hydrogen-bond donors (Lipinski definition) is 2. The number of thioether (sulfide) groups is 1. The summed E-state index contributed by atoms with van der Waals surface area (Å²) in [5.41, 5.74) is 3.07. The fraction of sp³-hybridized carbons (Fsp3) is 0.211. The fourth-order valence-electron chi connectivity index (χ4n) is 2.24. The lowest BCUT2D eigenvalue weighted by Gasteiger charge is -2.06. The average molecular weight is 385 g/mol. The molecule has 0 saturated heterocycles. The molecule has 0 radical (unpaired) electrons. The maximum Gasteiger partial charge on any atom is 0.234 e. The molecule has 2 N–H and O–H groups in total. The highest BCUT2D eigenvalue weighted by Gasteiger charge is 2.09. The maximum absolute atomic E-state index is 12.0. The Labute approximate surface area is 161 Å². The first-order valence-electron chi connectivity index (χ1n) is 8.28. The van der Waals surface area contributed by atoms with E-state index in [-0.39, 0.29) is 5.91 Å². The highest BCUT2D eigenvalue weighted by molar-refractivity contribution is 8.01. The third-order valence-corrected chi connectivity index (χ3v) is 5.59. The van der Waals surface area contributed by atoms with E-state index >= 15 is 0 Å². The summed E-state index contributed by atoms with van der Waals surface area (Å²) in [6.45, 7) is 4.34. The van der Waals surface area contributed by atoms with Crippen molar-refractivity contribution in [3.05, 3.63) is 60.2 Å². The number of rotatable bonds is 7. The molecule has 0 atom stereocenters. The Kier molecular flexibility index (Phi) is 6.25. The Hall–Kier alpha value is -2.38. The van der Waals surface area contributed by atoms with E-state index in [2.05, 4.69) is 46.8 Å². The molecule has 0 aliphatic carbocycles. The van der Waals surface area contributed by atoms with E-state index in [0.29, 0.717) is 16.8 Å². The fourth-order valence-corrected chi connectivity index (χ4v) is 3.81. The van der Waals surface area contributed by atoms with Crippen LogP contribution in [0.15, 0.2) is 58.9 Å². The third kappa shape index (κ3) is 5.31. The van der Waals surface area contributed by atoms with Crippen LogP contribution in [0.3, 0.4) is 0 Å². The molecule has 2 aromatic carbocycles. The quantitative estimate of drug-likeness (QED) is 0.552. The minimum absolute atomic E-state index is 0.0600. The standard InChI is InChI=1S/C19H20N4OS2/c1-13(2)14-8-10-16(11-9-14)21-18-22-23-19(26-18)25-12-17(24)20-15-6-4-3-5-7-15/h3-11,13H,12H2,1-2H3,(H,20,24)(H,21,22). The lowest BCUT2D eigenvalue weighted by atomic mass is 10.0. The number of aromatic nitrogens is 2. The summed E-state index contributed by atoms with van der Waals surface area (Å²) in [5.74, 6) is 0.748. The van der Waals surface area contributed by atoms with Gasteiger partial charge in [0.1, 0.15) is 0 Å². The molecule has 0 aliphatic heterocycles. The van der Waals surface area contributed by atoms with Crippen molar-refractivity contribution in [2.75, 3.05) is 16.4 Å². The molecular formula is C19H20N4OS2. The zero-order chi connectivity index (χ0) is 18.4. The van der Waals surface area contributed by atoms with Gasteiger partial charge in [0.05, 0.1) is 5.75 Å². The minimum Gasteiger partial charge on any atom is -0.330 e. The summed E-state index contributed by atoms with van der Waals surface area (Å²) in [7, 11) is 0. The first-order chi connectivity index (χ1) is 12.6. The van der Waals surface area contributed by atoms with Gasteiger partial charge in [-0.25, -0.2) is 0 Å². The zero-order valence-electron chi connectivity index (χ0n) is 14.6. The summed E-state index contributed by atoms with van der Waals surface area (Å²) in [6, 6.07) is 17.7. The maximum atomic E-state index is 12.0. The van der Waals surface area contributed by atoms with E-state index in [1.54, 1.807) is 0 Å². The molecule has 26 heavy (non-hydrogen) atoms. The first-order valence-corrected chi connectivity index (χ1v) is 10.1. The Balaban J connectivity index is 1.50. The summed E-state index contributed by atoms with van der Waals surface area (Å²) in [5, 5.41) is 15.1. The molecule has 0 bridgehead atoms. The van der Waals surface area contributed by atoms with Crippen molar-refractivity contribution in [3.8, 4) is 0 Å². The van der Waals surface area contributed by atoms with Crippen molar-refractivity contribution in [1.29, 1.82) is 0 Å². The molecule has 3 aromatic rings. The summed E-state index contributed by atoms with van der Waals surface area (Å²) in [6.07, 6.45) is 0. The molecular weight excluding hydrogens is 364 g/mol. The SMILES string of the molecule is CC(C)c1ccc(Nc2nnc(SCC(=O)Nc3ccccc3)s2)cc1. The van der Waals surface area contributed by atoms with E-state index in [9.17, 15) is 4.79 Å². The van der Waals surface area contributed by atoms with Crippen LogP contribution in [0.25, 0.3) is 0 Å². The molecule has 0 spiro atoms. The molecule has 1 aromatic heterocycles. The second kappa shape index (κ2) is 8.82. The van der Waals surface area contributed by atoms with Gasteiger partial charge in [-0.1, -0.05) is 67.3 Å². The van der Waals surface area contributed by atoms with Gasteiger partial charge in [-0.15, -0.1) is 10.2 Å². The normalized spacial score (nSPS) is 10.7. The molecule has 0 saturated carbocycles. The highest BCUT2D eigenvalue weighted by Crippen LogP contribution is 2.28. The molecule has 7 heteroatoms. The molecule has 0 fully saturated rings. The van der Waals surface area contributed by atoms with E-state index in [1.165, 1.54) is 28.7 Å². The molecule has 0 aliphatic rings. The number of nitrogens with zero attached hydrogens (tertiary/aromatic N) is 2. The van der Waals surface area contributed by atoms with Crippen molar-refractivity contribution in [3.63, 3.8) is 0 Å². The van der Waals surface area contributed by atoms with Crippen LogP contribution in [-0.2, 0) is 4.79 Å². The Morgan fingerprint density at radius 2 is 1.77 bits per heavy atom. The van der Waals surface area contributed by atoms with Crippen LogP contribution in [-0.4, -0.2) is 21.9 Å². The summed E-state index contributed by atoms with van der Waals surface area (Å²) in [4.78, 5) is 12.0. The number of benzene rings is 2. The van der Waals surface area contributed by atoms with Crippen LogP contribution >= 0.6 is 23.1 Å². The second-order valence-corrected chi connectivity index (χ2v) is 8.18. The molecule has 1 heterocycles. The van der Waals surface area contributed by atoms with Gasteiger partial charge in [-0.2, -0.15) is 0 Å². The van der Waals surface area contributed by atoms with E-state index in [1.807, 2.05) is 42.5 Å².